The van der Waals surface area contributed by atoms with Crippen LogP contribution < -0.4 is 5.32 Å². The van der Waals surface area contributed by atoms with Crippen LogP contribution in [0.3, 0.4) is 0 Å². The summed E-state index contributed by atoms with van der Waals surface area (Å²) in [6.07, 6.45) is 3.38. The Morgan fingerprint density at radius 1 is 1.37 bits per heavy atom. The molecule has 0 radical (unpaired) electrons. The second kappa shape index (κ2) is 6.25. The van der Waals surface area contributed by atoms with Crippen LogP contribution in [0.25, 0.3) is 0 Å². The maximum absolute atomic E-state index is 6.14. The van der Waals surface area contributed by atoms with Gasteiger partial charge in [-0.15, -0.1) is 0 Å². The SMILES string of the molecule is COCCCCNC1c2cc(Cl)ccc2CC1(C)C. The molecule has 0 bridgehead atoms. The van der Waals surface area contributed by atoms with Crippen molar-refractivity contribution in [3.63, 3.8) is 0 Å². The number of ether oxygens (including phenoxy) is 1. The van der Waals surface area contributed by atoms with Crippen LogP contribution in [0.5, 0.6) is 0 Å². The third-order valence-corrected chi connectivity index (χ3v) is 4.21. The maximum Gasteiger partial charge on any atom is 0.0462 e. The number of hydrogen-bond acceptors (Lipinski definition) is 2. The fourth-order valence-electron chi connectivity index (χ4n) is 3.01. The summed E-state index contributed by atoms with van der Waals surface area (Å²) in [7, 11) is 1.76. The highest BCUT2D eigenvalue weighted by atomic mass is 35.5. The van der Waals surface area contributed by atoms with Gasteiger partial charge in [-0.1, -0.05) is 31.5 Å². The van der Waals surface area contributed by atoms with Gasteiger partial charge in [-0.3, -0.25) is 0 Å². The van der Waals surface area contributed by atoms with Gasteiger partial charge in [0.05, 0.1) is 0 Å². The monoisotopic (exact) mass is 281 g/mol. The molecule has 1 unspecified atom stereocenters. The zero-order chi connectivity index (χ0) is 13.9. The van der Waals surface area contributed by atoms with E-state index in [-0.39, 0.29) is 5.41 Å². The average molecular weight is 282 g/mol. The third kappa shape index (κ3) is 3.50. The quantitative estimate of drug-likeness (QED) is 0.797. The summed E-state index contributed by atoms with van der Waals surface area (Å²) in [6, 6.07) is 6.70. The van der Waals surface area contributed by atoms with Gasteiger partial charge in [0.25, 0.3) is 0 Å². The van der Waals surface area contributed by atoms with Gasteiger partial charge in [0.1, 0.15) is 0 Å². The molecule has 0 heterocycles. The Morgan fingerprint density at radius 3 is 2.89 bits per heavy atom. The number of rotatable bonds is 6. The molecular weight excluding hydrogens is 258 g/mol. The van der Waals surface area contributed by atoms with E-state index >= 15 is 0 Å². The summed E-state index contributed by atoms with van der Waals surface area (Å²) in [5.74, 6) is 0. The number of fused-ring (bicyclic) bond motifs is 1. The van der Waals surface area contributed by atoms with E-state index in [0.29, 0.717) is 6.04 Å². The molecule has 0 aliphatic heterocycles. The zero-order valence-corrected chi connectivity index (χ0v) is 12.9. The zero-order valence-electron chi connectivity index (χ0n) is 12.1. The fourth-order valence-corrected chi connectivity index (χ4v) is 3.19. The van der Waals surface area contributed by atoms with Gasteiger partial charge >= 0.3 is 0 Å². The second-order valence-electron chi connectivity index (χ2n) is 6.10. The first-order valence-corrected chi connectivity index (χ1v) is 7.43. The van der Waals surface area contributed by atoms with Crippen LogP contribution >= 0.6 is 11.6 Å². The minimum absolute atomic E-state index is 0.258. The Labute approximate surface area is 121 Å². The van der Waals surface area contributed by atoms with Crippen LogP contribution in [-0.2, 0) is 11.2 Å². The topological polar surface area (TPSA) is 21.3 Å². The lowest BCUT2D eigenvalue weighted by Gasteiger charge is -2.28. The van der Waals surface area contributed by atoms with Crippen molar-refractivity contribution < 1.29 is 4.74 Å². The summed E-state index contributed by atoms with van der Waals surface area (Å²) < 4.78 is 5.08. The molecule has 1 atom stereocenters. The number of nitrogens with one attached hydrogen (secondary N) is 1. The number of methoxy groups -OCH3 is 1. The van der Waals surface area contributed by atoms with Crippen LogP contribution in [0.2, 0.25) is 5.02 Å². The van der Waals surface area contributed by atoms with E-state index in [0.717, 1.165) is 37.4 Å². The summed E-state index contributed by atoms with van der Waals surface area (Å²) in [4.78, 5) is 0. The Kier molecular flexibility index (Phi) is 4.88. The van der Waals surface area contributed by atoms with Gasteiger partial charge in [0.2, 0.25) is 0 Å². The fraction of sp³-hybridized carbons (Fsp3) is 0.625. The van der Waals surface area contributed by atoms with Crippen LogP contribution in [-0.4, -0.2) is 20.3 Å². The van der Waals surface area contributed by atoms with Crippen molar-refractivity contribution in [1.29, 1.82) is 0 Å². The molecule has 0 saturated carbocycles. The van der Waals surface area contributed by atoms with Gasteiger partial charge in [-0.25, -0.2) is 0 Å². The minimum atomic E-state index is 0.258. The first-order valence-electron chi connectivity index (χ1n) is 7.05. The van der Waals surface area contributed by atoms with Crippen LogP contribution in [0.1, 0.15) is 43.9 Å². The molecule has 106 valence electrons. The molecule has 19 heavy (non-hydrogen) atoms. The molecular formula is C16H24ClNO. The van der Waals surface area contributed by atoms with Crippen molar-refractivity contribution in [2.45, 2.75) is 39.2 Å². The summed E-state index contributed by atoms with van der Waals surface area (Å²) in [5.41, 5.74) is 3.07. The normalized spacial score (nSPS) is 20.5. The van der Waals surface area contributed by atoms with Crippen molar-refractivity contribution in [2.75, 3.05) is 20.3 Å². The van der Waals surface area contributed by atoms with Crippen LogP contribution in [0.4, 0.5) is 0 Å². The van der Waals surface area contributed by atoms with E-state index < -0.39 is 0 Å². The summed E-state index contributed by atoms with van der Waals surface area (Å²) >= 11 is 6.14. The Morgan fingerprint density at radius 2 is 2.16 bits per heavy atom. The van der Waals surface area contributed by atoms with Crippen molar-refractivity contribution in [2.24, 2.45) is 5.41 Å². The molecule has 1 aliphatic carbocycles. The molecule has 1 aromatic rings. The average Bonchev–Trinajstić information content (AvgIpc) is 2.60. The number of halogens is 1. The molecule has 0 spiro atoms. The van der Waals surface area contributed by atoms with Crippen molar-refractivity contribution >= 4 is 11.6 Å². The molecule has 2 rings (SSSR count). The molecule has 1 aromatic carbocycles. The highest BCUT2D eigenvalue weighted by Crippen LogP contribution is 2.45. The van der Waals surface area contributed by atoms with Gasteiger partial charge in [0.15, 0.2) is 0 Å². The highest BCUT2D eigenvalue weighted by molar-refractivity contribution is 6.30. The van der Waals surface area contributed by atoms with E-state index in [4.69, 9.17) is 16.3 Å². The van der Waals surface area contributed by atoms with Gasteiger partial charge in [0, 0.05) is 24.8 Å². The largest absolute Gasteiger partial charge is 0.385 e. The maximum atomic E-state index is 6.14. The summed E-state index contributed by atoms with van der Waals surface area (Å²) in [6.45, 7) is 6.53. The molecule has 1 aliphatic rings. The Hall–Kier alpha value is -0.570. The first-order chi connectivity index (χ1) is 9.04. The van der Waals surface area contributed by atoms with Crippen LogP contribution in [0.15, 0.2) is 18.2 Å². The molecule has 0 saturated heterocycles. The first kappa shape index (κ1) is 14.8. The number of hydrogen-bond donors (Lipinski definition) is 1. The number of benzene rings is 1. The standard InChI is InChI=1S/C16H24ClNO/c1-16(2)11-12-6-7-13(17)10-14(12)15(16)18-8-4-5-9-19-3/h6-7,10,15,18H,4-5,8-9,11H2,1-3H3. The molecule has 0 fully saturated rings. The molecule has 2 nitrogen and oxygen atoms in total. The second-order valence-corrected chi connectivity index (χ2v) is 6.53. The van der Waals surface area contributed by atoms with E-state index in [1.807, 2.05) is 6.07 Å². The van der Waals surface area contributed by atoms with Crippen molar-refractivity contribution in [1.82, 2.24) is 5.32 Å². The summed E-state index contributed by atoms with van der Waals surface area (Å²) in [5, 5.41) is 4.54. The van der Waals surface area contributed by atoms with E-state index in [1.54, 1.807) is 7.11 Å². The Bertz CT molecular complexity index is 431. The third-order valence-electron chi connectivity index (χ3n) is 3.97. The van der Waals surface area contributed by atoms with E-state index in [9.17, 15) is 0 Å². The molecule has 3 heteroatoms. The highest BCUT2D eigenvalue weighted by Gasteiger charge is 2.38. The predicted molar refractivity (Wildman–Crippen MR) is 80.8 cm³/mol. The molecule has 1 N–H and O–H groups in total. The van der Waals surface area contributed by atoms with Crippen molar-refractivity contribution in [3.05, 3.63) is 34.3 Å². The van der Waals surface area contributed by atoms with E-state index in [1.165, 1.54) is 11.1 Å². The van der Waals surface area contributed by atoms with Gasteiger partial charge in [-0.05, 0) is 54.5 Å². The lowest BCUT2D eigenvalue weighted by atomic mass is 9.85. The lowest BCUT2D eigenvalue weighted by molar-refractivity contribution is 0.190. The number of unbranched alkanes of at least 4 members (excludes halogenated alkanes) is 1. The van der Waals surface area contributed by atoms with Gasteiger partial charge in [-0.2, -0.15) is 0 Å². The predicted octanol–water partition coefficient (Wildman–Crippen LogP) is 3.98. The van der Waals surface area contributed by atoms with Crippen molar-refractivity contribution in [3.8, 4) is 0 Å². The van der Waals surface area contributed by atoms with E-state index in [2.05, 4.69) is 31.3 Å². The molecule has 0 aromatic heterocycles. The van der Waals surface area contributed by atoms with Gasteiger partial charge < -0.3 is 10.1 Å². The lowest BCUT2D eigenvalue weighted by Crippen LogP contribution is -2.31. The Balaban J connectivity index is 2.00. The minimum Gasteiger partial charge on any atom is -0.385 e. The smallest absolute Gasteiger partial charge is 0.0462 e. The molecule has 0 amide bonds. The van der Waals surface area contributed by atoms with Crippen LogP contribution in [0, 0.1) is 5.41 Å².